The molecule has 0 fully saturated rings. The van der Waals surface area contributed by atoms with Crippen LogP contribution in [0.1, 0.15) is 12.5 Å². The molecule has 0 saturated heterocycles. The summed E-state index contributed by atoms with van der Waals surface area (Å²) in [5.41, 5.74) is 1.20. The highest BCUT2D eigenvalue weighted by Crippen LogP contribution is 2.09. The first kappa shape index (κ1) is 10.0. The van der Waals surface area contributed by atoms with Crippen LogP contribution >= 0.6 is 27.9 Å². The van der Waals surface area contributed by atoms with E-state index in [1.165, 1.54) is 5.56 Å². The Morgan fingerprint density at radius 3 is 3.08 bits per heavy atom. The van der Waals surface area contributed by atoms with Crippen molar-refractivity contribution in [3.05, 3.63) is 28.5 Å². The molecular weight excluding hydrogens is 236 g/mol. The zero-order valence-corrected chi connectivity index (χ0v) is 9.28. The summed E-state index contributed by atoms with van der Waals surface area (Å²) in [4.78, 5) is 4.07. The summed E-state index contributed by atoms with van der Waals surface area (Å²) in [6.45, 7) is 2.99. The summed E-state index contributed by atoms with van der Waals surface area (Å²) in [5, 5.41) is 0. The predicted octanol–water partition coefficient (Wildman–Crippen LogP) is 2.60. The molecule has 0 saturated carbocycles. The van der Waals surface area contributed by atoms with Crippen LogP contribution in [-0.2, 0) is 6.54 Å². The Balaban J connectivity index is 2.41. The normalized spacial score (nSPS) is 10.2. The molecule has 0 bridgehead atoms. The largest absolute Gasteiger partial charge is 0.263 e. The molecule has 1 heterocycles. The Bertz CT molecular complexity index is 242. The second-order valence-electron chi connectivity index (χ2n) is 2.27. The highest BCUT2D eigenvalue weighted by Gasteiger charge is 1.93. The molecule has 0 unspecified atom stereocenters. The van der Waals surface area contributed by atoms with Crippen LogP contribution in [0.15, 0.2) is 22.9 Å². The van der Waals surface area contributed by atoms with Crippen LogP contribution in [0.2, 0.25) is 0 Å². The van der Waals surface area contributed by atoms with E-state index in [0.717, 1.165) is 16.8 Å². The molecule has 1 aromatic rings. The van der Waals surface area contributed by atoms with E-state index in [2.05, 4.69) is 38.6 Å². The maximum absolute atomic E-state index is 4.07. The van der Waals surface area contributed by atoms with Gasteiger partial charge in [0, 0.05) is 29.2 Å². The summed E-state index contributed by atoms with van der Waals surface area (Å²) in [7, 11) is 0. The molecule has 0 aliphatic carbocycles. The number of aromatic nitrogens is 1. The summed E-state index contributed by atoms with van der Waals surface area (Å²) in [6.07, 6.45) is 3.66. The minimum absolute atomic E-state index is 0.866. The van der Waals surface area contributed by atoms with E-state index >= 15 is 0 Å². The Morgan fingerprint density at radius 1 is 1.58 bits per heavy atom. The van der Waals surface area contributed by atoms with Gasteiger partial charge in [-0.15, -0.1) is 0 Å². The molecule has 1 N–H and O–H groups in total. The SMILES string of the molecule is CCSNCc1cncc(Br)c1. The number of hydrogen-bond donors (Lipinski definition) is 1. The lowest BCUT2D eigenvalue weighted by Crippen LogP contribution is -2.03. The highest BCUT2D eigenvalue weighted by molar-refractivity contribution is 9.10. The van der Waals surface area contributed by atoms with Crippen LogP contribution < -0.4 is 4.72 Å². The van der Waals surface area contributed by atoms with Crippen molar-refractivity contribution in [2.45, 2.75) is 13.5 Å². The van der Waals surface area contributed by atoms with Gasteiger partial charge < -0.3 is 0 Å². The molecule has 12 heavy (non-hydrogen) atoms. The predicted molar refractivity (Wildman–Crippen MR) is 56.9 cm³/mol. The first-order valence-electron chi connectivity index (χ1n) is 3.77. The number of pyridine rings is 1. The molecule has 4 heteroatoms. The third kappa shape index (κ3) is 3.56. The van der Waals surface area contributed by atoms with Gasteiger partial charge in [-0.25, -0.2) is 0 Å². The molecule has 1 rings (SSSR count). The van der Waals surface area contributed by atoms with E-state index in [0.29, 0.717) is 0 Å². The average Bonchev–Trinajstić information content (AvgIpc) is 2.05. The third-order valence-electron chi connectivity index (χ3n) is 1.28. The van der Waals surface area contributed by atoms with E-state index in [1.807, 2.05) is 6.20 Å². The summed E-state index contributed by atoms with van der Waals surface area (Å²) in [6, 6.07) is 2.07. The van der Waals surface area contributed by atoms with Gasteiger partial charge in [-0.2, -0.15) is 0 Å². The van der Waals surface area contributed by atoms with E-state index < -0.39 is 0 Å². The van der Waals surface area contributed by atoms with Gasteiger partial charge >= 0.3 is 0 Å². The van der Waals surface area contributed by atoms with Gasteiger partial charge in [-0.3, -0.25) is 9.71 Å². The summed E-state index contributed by atoms with van der Waals surface area (Å²) in [5.74, 6) is 1.08. The number of nitrogens with one attached hydrogen (secondary N) is 1. The first-order chi connectivity index (χ1) is 5.83. The van der Waals surface area contributed by atoms with Crippen molar-refractivity contribution in [2.75, 3.05) is 5.75 Å². The van der Waals surface area contributed by atoms with Crippen molar-refractivity contribution in [1.82, 2.24) is 9.71 Å². The second kappa shape index (κ2) is 5.56. The van der Waals surface area contributed by atoms with Crippen LogP contribution in [0.4, 0.5) is 0 Å². The number of hydrogen-bond acceptors (Lipinski definition) is 3. The van der Waals surface area contributed by atoms with Crippen molar-refractivity contribution >= 4 is 27.9 Å². The Morgan fingerprint density at radius 2 is 2.42 bits per heavy atom. The second-order valence-corrected chi connectivity index (χ2v) is 4.34. The van der Waals surface area contributed by atoms with E-state index in [9.17, 15) is 0 Å². The van der Waals surface area contributed by atoms with Gasteiger partial charge in [0.25, 0.3) is 0 Å². The van der Waals surface area contributed by atoms with Crippen LogP contribution in [0.3, 0.4) is 0 Å². The molecule has 0 amide bonds. The molecule has 0 aliphatic heterocycles. The van der Waals surface area contributed by atoms with Crippen LogP contribution in [-0.4, -0.2) is 10.7 Å². The van der Waals surface area contributed by atoms with Crippen molar-refractivity contribution in [3.63, 3.8) is 0 Å². The van der Waals surface area contributed by atoms with E-state index in [1.54, 1.807) is 18.1 Å². The zero-order chi connectivity index (χ0) is 8.81. The van der Waals surface area contributed by atoms with Crippen LogP contribution in [0, 0.1) is 0 Å². The maximum Gasteiger partial charge on any atom is 0.0410 e. The van der Waals surface area contributed by atoms with Gasteiger partial charge in [0.2, 0.25) is 0 Å². The number of halogens is 1. The van der Waals surface area contributed by atoms with Gasteiger partial charge in [0.1, 0.15) is 0 Å². The van der Waals surface area contributed by atoms with Crippen LogP contribution in [0.25, 0.3) is 0 Å². The van der Waals surface area contributed by atoms with Crippen molar-refractivity contribution < 1.29 is 0 Å². The molecular formula is C8H11BrN2S. The number of rotatable bonds is 4. The third-order valence-corrected chi connectivity index (χ3v) is 2.36. The molecule has 66 valence electrons. The van der Waals surface area contributed by atoms with E-state index in [4.69, 9.17) is 0 Å². The maximum atomic E-state index is 4.07. The van der Waals surface area contributed by atoms with Crippen molar-refractivity contribution in [3.8, 4) is 0 Å². The van der Waals surface area contributed by atoms with Gasteiger partial charge in [-0.05, 0) is 27.6 Å². The van der Waals surface area contributed by atoms with Gasteiger partial charge in [0.15, 0.2) is 0 Å². The van der Waals surface area contributed by atoms with Gasteiger partial charge in [-0.1, -0.05) is 18.9 Å². The number of nitrogens with zero attached hydrogens (tertiary/aromatic N) is 1. The fraction of sp³-hybridized carbons (Fsp3) is 0.375. The zero-order valence-electron chi connectivity index (χ0n) is 6.88. The topological polar surface area (TPSA) is 24.9 Å². The fourth-order valence-electron chi connectivity index (χ4n) is 0.789. The Labute approximate surface area is 85.4 Å². The van der Waals surface area contributed by atoms with E-state index in [-0.39, 0.29) is 0 Å². The van der Waals surface area contributed by atoms with Crippen molar-refractivity contribution in [1.29, 1.82) is 0 Å². The minimum atomic E-state index is 0.866. The molecule has 1 aromatic heterocycles. The molecule has 0 aromatic carbocycles. The summed E-state index contributed by atoms with van der Waals surface area (Å²) < 4.78 is 4.27. The lowest BCUT2D eigenvalue weighted by molar-refractivity contribution is 0.961. The van der Waals surface area contributed by atoms with Crippen molar-refractivity contribution in [2.24, 2.45) is 0 Å². The standard InChI is InChI=1S/C8H11BrN2S/c1-2-12-11-5-7-3-8(9)6-10-4-7/h3-4,6,11H,2,5H2,1H3. The quantitative estimate of drug-likeness (QED) is 0.654. The minimum Gasteiger partial charge on any atom is -0.263 e. The smallest absolute Gasteiger partial charge is 0.0410 e. The monoisotopic (exact) mass is 246 g/mol. The average molecular weight is 247 g/mol. The molecule has 0 atom stereocenters. The first-order valence-corrected chi connectivity index (χ1v) is 5.55. The molecule has 0 radical (unpaired) electrons. The Hall–Kier alpha value is -0.0600. The lowest BCUT2D eigenvalue weighted by Gasteiger charge is -2.01. The lowest BCUT2D eigenvalue weighted by atomic mass is 10.3. The van der Waals surface area contributed by atoms with Crippen LogP contribution in [0.5, 0.6) is 0 Å². The fourth-order valence-corrected chi connectivity index (χ4v) is 1.67. The highest BCUT2D eigenvalue weighted by atomic mass is 79.9. The molecule has 2 nitrogen and oxygen atoms in total. The summed E-state index contributed by atoms with van der Waals surface area (Å²) >= 11 is 5.09. The Kier molecular flexibility index (Phi) is 4.65. The molecule has 0 aliphatic rings. The van der Waals surface area contributed by atoms with Gasteiger partial charge in [0.05, 0.1) is 0 Å². The molecule has 0 spiro atoms.